The first kappa shape index (κ1) is 20.4. The van der Waals surface area contributed by atoms with E-state index in [1.54, 1.807) is 21.6 Å². The van der Waals surface area contributed by atoms with Crippen LogP contribution in [0.25, 0.3) is 22.3 Å². The maximum Gasteiger partial charge on any atom is 0.282 e. The summed E-state index contributed by atoms with van der Waals surface area (Å²) in [6, 6.07) is 14.0. The van der Waals surface area contributed by atoms with Crippen LogP contribution in [0.5, 0.6) is 0 Å². The van der Waals surface area contributed by atoms with E-state index in [0.717, 1.165) is 36.0 Å². The third kappa shape index (κ3) is 3.71. The number of hydrogen-bond acceptors (Lipinski definition) is 5. The Morgan fingerprint density at radius 2 is 1.85 bits per heavy atom. The third-order valence-electron chi connectivity index (χ3n) is 6.81. The van der Waals surface area contributed by atoms with Crippen molar-refractivity contribution in [3.8, 4) is 16.8 Å². The Labute approximate surface area is 196 Å². The highest BCUT2D eigenvalue weighted by Crippen LogP contribution is 2.27. The molecule has 6 rings (SSSR count). The van der Waals surface area contributed by atoms with E-state index >= 15 is 0 Å². The summed E-state index contributed by atoms with van der Waals surface area (Å²) in [7, 11) is 0. The van der Waals surface area contributed by atoms with Crippen LogP contribution in [0.15, 0.2) is 66.0 Å². The van der Waals surface area contributed by atoms with E-state index in [0.29, 0.717) is 22.3 Å². The van der Waals surface area contributed by atoms with Gasteiger partial charge in [0.25, 0.3) is 5.56 Å². The fraction of sp³-hybridized carbons (Fsp3) is 0.320. The summed E-state index contributed by atoms with van der Waals surface area (Å²) in [4.78, 5) is 22.8. The number of halogens is 1. The molecule has 168 valence electrons. The molecule has 0 N–H and O–H groups in total. The quantitative estimate of drug-likeness (QED) is 0.464. The Hall–Kier alpha value is -3.16. The number of anilines is 1. The van der Waals surface area contributed by atoms with E-state index in [1.165, 1.54) is 19.5 Å². The highest BCUT2D eigenvalue weighted by molar-refractivity contribution is 6.30. The molecule has 0 aliphatic carbocycles. The fourth-order valence-electron chi connectivity index (χ4n) is 4.98. The molecule has 0 saturated carbocycles. The molecule has 2 fully saturated rings. The Kier molecular flexibility index (Phi) is 4.96. The average Bonchev–Trinajstić information content (AvgIpc) is 3.46. The SMILES string of the molecule is CC1CN(C2CCN(c3ccc(-n4cnn5cc(-c6ccc(Cl)cc6)cc5c4=O)cn3)C2)C1. The van der Waals surface area contributed by atoms with Gasteiger partial charge in [0.15, 0.2) is 0 Å². The molecule has 7 nitrogen and oxygen atoms in total. The first-order valence-electron chi connectivity index (χ1n) is 11.4. The van der Waals surface area contributed by atoms with Gasteiger partial charge in [-0.25, -0.2) is 9.50 Å². The van der Waals surface area contributed by atoms with E-state index in [1.807, 2.05) is 48.7 Å². The van der Waals surface area contributed by atoms with Crippen LogP contribution in [0.3, 0.4) is 0 Å². The maximum atomic E-state index is 13.2. The summed E-state index contributed by atoms with van der Waals surface area (Å²) < 4.78 is 3.16. The molecule has 0 radical (unpaired) electrons. The maximum absolute atomic E-state index is 13.2. The lowest BCUT2D eigenvalue weighted by Gasteiger charge is -2.41. The summed E-state index contributed by atoms with van der Waals surface area (Å²) in [5.41, 5.74) is 2.99. The molecule has 0 spiro atoms. The number of fused-ring (bicyclic) bond motifs is 1. The van der Waals surface area contributed by atoms with Gasteiger partial charge >= 0.3 is 0 Å². The lowest BCUT2D eigenvalue weighted by Crippen LogP contribution is -2.51. The molecule has 2 aliphatic rings. The standard InChI is InChI=1S/C25H25ClN6O/c1-17-12-30(13-17)22-8-9-29(15-22)24-7-6-21(11-27-24)31-16-28-32-14-19(10-23(32)25(31)33)18-2-4-20(26)5-3-18/h2-7,10-11,14,16-17,22H,8-9,12-13,15H2,1H3. The van der Waals surface area contributed by atoms with Gasteiger partial charge in [0.05, 0.1) is 11.9 Å². The molecule has 1 aromatic carbocycles. The number of nitrogens with zero attached hydrogens (tertiary/aromatic N) is 6. The minimum absolute atomic E-state index is 0.132. The summed E-state index contributed by atoms with van der Waals surface area (Å²) in [5, 5.41) is 5.12. The zero-order valence-corrected chi connectivity index (χ0v) is 19.2. The second-order valence-electron chi connectivity index (χ2n) is 9.19. The Morgan fingerprint density at radius 1 is 1.03 bits per heavy atom. The molecule has 1 atom stereocenters. The van der Waals surface area contributed by atoms with Crippen LogP contribution in [-0.2, 0) is 0 Å². The van der Waals surface area contributed by atoms with Gasteiger partial charge in [0.2, 0.25) is 0 Å². The fourth-order valence-corrected chi connectivity index (χ4v) is 5.10. The van der Waals surface area contributed by atoms with Crippen molar-refractivity contribution in [3.05, 3.63) is 76.6 Å². The molecule has 8 heteroatoms. The molecule has 3 aromatic heterocycles. The zero-order valence-electron chi connectivity index (χ0n) is 18.4. The molecule has 0 bridgehead atoms. The highest BCUT2D eigenvalue weighted by atomic mass is 35.5. The van der Waals surface area contributed by atoms with Gasteiger partial charge < -0.3 is 4.90 Å². The third-order valence-corrected chi connectivity index (χ3v) is 7.07. The van der Waals surface area contributed by atoms with Gasteiger partial charge in [-0.3, -0.25) is 14.3 Å². The van der Waals surface area contributed by atoms with Gasteiger partial charge in [-0.05, 0) is 48.2 Å². The minimum atomic E-state index is -0.132. The van der Waals surface area contributed by atoms with Crippen LogP contribution in [0.4, 0.5) is 5.82 Å². The second-order valence-corrected chi connectivity index (χ2v) is 9.63. The first-order chi connectivity index (χ1) is 16.0. The summed E-state index contributed by atoms with van der Waals surface area (Å²) in [6.07, 6.45) is 6.35. The lowest BCUT2D eigenvalue weighted by molar-refractivity contribution is 0.0718. The summed E-state index contributed by atoms with van der Waals surface area (Å²) in [6.45, 7) is 6.77. The van der Waals surface area contributed by atoms with Gasteiger partial charge in [-0.15, -0.1) is 0 Å². The zero-order chi connectivity index (χ0) is 22.5. The van der Waals surface area contributed by atoms with Crippen molar-refractivity contribution >= 4 is 22.9 Å². The normalized spacial score (nSPS) is 19.3. The topological polar surface area (TPSA) is 58.7 Å². The minimum Gasteiger partial charge on any atom is -0.355 e. The molecule has 4 aromatic rings. The van der Waals surface area contributed by atoms with Gasteiger partial charge in [0.1, 0.15) is 17.7 Å². The van der Waals surface area contributed by atoms with Crippen molar-refractivity contribution in [1.29, 1.82) is 0 Å². The highest BCUT2D eigenvalue weighted by Gasteiger charge is 2.34. The van der Waals surface area contributed by atoms with Crippen LogP contribution < -0.4 is 10.5 Å². The van der Waals surface area contributed by atoms with Gasteiger partial charge in [-0.2, -0.15) is 5.10 Å². The van der Waals surface area contributed by atoms with E-state index in [2.05, 4.69) is 26.8 Å². The van der Waals surface area contributed by atoms with Crippen molar-refractivity contribution < 1.29 is 0 Å². The average molecular weight is 461 g/mol. The molecule has 2 saturated heterocycles. The molecule has 5 heterocycles. The molecule has 2 aliphatic heterocycles. The van der Waals surface area contributed by atoms with Gasteiger partial charge in [-0.1, -0.05) is 30.7 Å². The van der Waals surface area contributed by atoms with Crippen LogP contribution in [0.1, 0.15) is 13.3 Å². The van der Waals surface area contributed by atoms with Crippen molar-refractivity contribution in [1.82, 2.24) is 24.1 Å². The summed E-state index contributed by atoms with van der Waals surface area (Å²) >= 11 is 6.00. The molecule has 0 amide bonds. The van der Waals surface area contributed by atoms with Gasteiger partial charge in [0, 0.05) is 49.0 Å². The number of rotatable bonds is 4. The van der Waals surface area contributed by atoms with Crippen LogP contribution in [0, 0.1) is 5.92 Å². The number of benzene rings is 1. The number of pyridine rings is 1. The molecular weight excluding hydrogens is 436 g/mol. The Bertz CT molecular complexity index is 1350. The first-order valence-corrected chi connectivity index (χ1v) is 11.7. The predicted molar refractivity (Wildman–Crippen MR) is 130 cm³/mol. The van der Waals surface area contributed by atoms with Crippen LogP contribution in [0.2, 0.25) is 5.02 Å². The van der Waals surface area contributed by atoms with Crippen molar-refractivity contribution in [2.24, 2.45) is 5.92 Å². The van der Waals surface area contributed by atoms with Crippen LogP contribution in [-0.4, -0.2) is 56.3 Å². The number of aromatic nitrogens is 4. The van der Waals surface area contributed by atoms with Crippen molar-refractivity contribution in [2.75, 3.05) is 31.1 Å². The van der Waals surface area contributed by atoms with Crippen LogP contribution >= 0.6 is 11.6 Å². The number of hydrogen-bond donors (Lipinski definition) is 0. The second kappa shape index (κ2) is 8.01. The molecular formula is C25H25ClN6O. The smallest absolute Gasteiger partial charge is 0.282 e. The largest absolute Gasteiger partial charge is 0.355 e. The molecule has 33 heavy (non-hydrogen) atoms. The molecule has 1 unspecified atom stereocenters. The Balaban J connectivity index is 1.24. The predicted octanol–water partition coefficient (Wildman–Crippen LogP) is 3.73. The van der Waals surface area contributed by atoms with E-state index in [9.17, 15) is 4.79 Å². The van der Waals surface area contributed by atoms with Crippen molar-refractivity contribution in [3.63, 3.8) is 0 Å². The monoisotopic (exact) mass is 460 g/mol. The Morgan fingerprint density at radius 3 is 2.58 bits per heavy atom. The van der Waals surface area contributed by atoms with E-state index in [-0.39, 0.29) is 5.56 Å². The summed E-state index contributed by atoms with van der Waals surface area (Å²) in [5.74, 6) is 1.79. The van der Waals surface area contributed by atoms with E-state index < -0.39 is 0 Å². The number of likely N-dealkylation sites (tertiary alicyclic amines) is 1. The van der Waals surface area contributed by atoms with Crippen molar-refractivity contribution in [2.45, 2.75) is 19.4 Å². The van der Waals surface area contributed by atoms with E-state index in [4.69, 9.17) is 11.6 Å². The lowest BCUT2D eigenvalue weighted by atomic mass is 9.99.